The molecule has 5 heteroatoms. The monoisotopic (exact) mass is 360 g/mol. The van der Waals surface area contributed by atoms with Gasteiger partial charge in [0.05, 0.1) is 21.3 Å². The van der Waals surface area contributed by atoms with Crippen LogP contribution in [0.1, 0.15) is 53.7 Å². The summed E-state index contributed by atoms with van der Waals surface area (Å²) in [6.07, 6.45) is -0.977. The van der Waals surface area contributed by atoms with Gasteiger partial charge in [0.15, 0.2) is 11.5 Å². The molecule has 0 heterocycles. The fourth-order valence-corrected chi connectivity index (χ4v) is 3.41. The Hall–Kier alpha value is -2.40. The second-order valence-electron chi connectivity index (χ2n) is 6.65. The number of aromatic hydroxyl groups is 1. The molecule has 0 aliphatic rings. The first-order valence-corrected chi connectivity index (χ1v) is 8.58. The smallest absolute Gasteiger partial charge is 0.167 e. The molecule has 0 aromatic heterocycles. The van der Waals surface area contributed by atoms with Crippen molar-refractivity contribution in [2.45, 2.75) is 39.7 Å². The quantitative estimate of drug-likeness (QED) is 0.806. The van der Waals surface area contributed by atoms with Crippen LogP contribution >= 0.6 is 0 Å². The van der Waals surface area contributed by atoms with E-state index in [0.29, 0.717) is 33.9 Å². The van der Waals surface area contributed by atoms with Gasteiger partial charge < -0.3 is 24.4 Å². The van der Waals surface area contributed by atoms with E-state index in [9.17, 15) is 10.2 Å². The fraction of sp³-hybridized carbons (Fsp3) is 0.429. The van der Waals surface area contributed by atoms with Gasteiger partial charge in [-0.15, -0.1) is 0 Å². The summed E-state index contributed by atoms with van der Waals surface area (Å²) in [6.45, 7) is 7.75. The predicted molar refractivity (Wildman–Crippen MR) is 102 cm³/mol. The SMILES string of the molecule is COc1cc(C(O)c2c(C)ccc(O)c2C)c(OC)c(C(C)C)c1OC. The number of benzene rings is 2. The Bertz CT molecular complexity index is 796. The fourth-order valence-electron chi connectivity index (χ4n) is 3.41. The van der Waals surface area contributed by atoms with Gasteiger partial charge in [0.25, 0.3) is 0 Å². The second kappa shape index (κ2) is 7.87. The molecule has 2 rings (SSSR count). The molecule has 1 atom stereocenters. The van der Waals surface area contributed by atoms with Crippen LogP contribution in [0.5, 0.6) is 23.0 Å². The van der Waals surface area contributed by atoms with Crippen LogP contribution in [0.2, 0.25) is 0 Å². The van der Waals surface area contributed by atoms with Crippen molar-refractivity contribution in [2.75, 3.05) is 21.3 Å². The number of hydrogen-bond donors (Lipinski definition) is 2. The maximum absolute atomic E-state index is 11.2. The number of rotatable bonds is 6. The highest BCUT2D eigenvalue weighted by molar-refractivity contribution is 5.62. The minimum absolute atomic E-state index is 0.0901. The molecule has 5 nitrogen and oxygen atoms in total. The van der Waals surface area contributed by atoms with Crippen molar-refractivity contribution >= 4 is 0 Å². The summed E-state index contributed by atoms with van der Waals surface area (Å²) in [4.78, 5) is 0. The number of phenols is 1. The number of aliphatic hydroxyl groups is 1. The van der Waals surface area contributed by atoms with Crippen LogP contribution in [0.25, 0.3) is 0 Å². The van der Waals surface area contributed by atoms with E-state index in [0.717, 1.165) is 11.1 Å². The predicted octanol–water partition coefficient (Wildman–Crippen LogP) is 4.24. The Balaban J connectivity index is 2.81. The lowest BCUT2D eigenvalue weighted by Gasteiger charge is -2.25. The van der Waals surface area contributed by atoms with E-state index in [1.165, 1.54) is 0 Å². The summed E-state index contributed by atoms with van der Waals surface area (Å²) < 4.78 is 16.7. The van der Waals surface area contributed by atoms with E-state index in [4.69, 9.17) is 14.2 Å². The minimum Gasteiger partial charge on any atom is -0.508 e. The van der Waals surface area contributed by atoms with Crippen molar-refractivity contribution in [1.29, 1.82) is 0 Å². The van der Waals surface area contributed by atoms with Gasteiger partial charge in [0, 0.05) is 11.1 Å². The van der Waals surface area contributed by atoms with Gasteiger partial charge >= 0.3 is 0 Å². The van der Waals surface area contributed by atoms with Crippen molar-refractivity contribution in [3.63, 3.8) is 0 Å². The summed E-state index contributed by atoms with van der Waals surface area (Å²) in [5.74, 6) is 1.92. The molecule has 2 aromatic carbocycles. The molecule has 0 aliphatic carbocycles. The van der Waals surface area contributed by atoms with Crippen LogP contribution < -0.4 is 14.2 Å². The number of methoxy groups -OCH3 is 3. The van der Waals surface area contributed by atoms with Crippen LogP contribution in [0.4, 0.5) is 0 Å². The van der Waals surface area contributed by atoms with Crippen molar-refractivity contribution in [2.24, 2.45) is 0 Å². The van der Waals surface area contributed by atoms with E-state index in [1.807, 2.05) is 20.8 Å². The van der Waals surface area contributed by atoms with Gasteiger partial charge in [-0.1, -0.05) is 19.9 Å². The first kappa shape index (κ1) is 19.9. The Labute approximate surface area is 155 Å². The zero-order chi connectivity index (χ0) is 19.6. The van der Waals surface area contributed by atoms with Crippen LogP contribution in [-0.2, 0) is 0 Å². The molecule has 0 radical (unpaired) electrons. The van der Waals surface area contributed by atoms with Gasteiger partial charge in [-0.2, -0.15) is 0 Å². The topological polar surface area (TPSA) is 68.2 Å². The zero-order valence-electron chi connectivity index (χ0n) is 16.5. The highest BCUT2D eigenvalue weighted by Crippen LogP contribution is 2.48. The van der Waals surface area contributed by atoms with Gasteiger partial charge in [0.1, 0.15) is 17.6 Å². The van der Waals surface area contributed by atoms with Crippen molar-refractivity contribution in [3.8, 4) is 23.0 Å². The van der Waals surface area contributed by atoms with E-state index >= 15 is 0 Å². The molecule has 142 valence electrons. The van der Waals surface area contributed by atoms with Gasteiger partial charge in [-0.3, -0.25) is 0 Å². The standard InChI is InChI=1S/C21H28O5/c1-11(2)17-20(25-6)14(10-16(24-5)21(17)26-7)19(23)18-12(3)8-9-15(22)13(18)4/h8-11,19,22-23H,1-7H3. The van der Waals surface area contributed by atoms with Crippen molar-refractivity contribution in [1.82, 2.24) is 0 Å². The Morgan fingerprint density at radius 3 is 2.00 bits per heavy atom. The number of phenolic OH excluding ortho intramolecular Hbond substituents is 1. The number of hydrogen-bond acceptors (Lipinski definition) is 5. The molecular weight excluding hydrogens is 332 g/mol. The molecule has 0 saturated heterocycles. The molecule has 0 bridgehead atoms. The van der Waals surface area contributed by atoms with E-state index in [1.54, 1.807) is 46.5 Å². The largest absolute Gasteiger partial charge is 0.508 e. The first-order chi connectivity index (χ1) is 12.3. The number of aryl methyl sites for hydroxylation is 1. The molecule has 2 N–H and O–H groups in total. The van der Waals surface area contributed by atoms with Crippen LogP contribution in [0.3, 0.4) is 0 Å². The molecule has 0 amide bonds. The molecule has 0 fully saturated rings. The Kier molecular flexibility index (Phi) is 6.03. The van der Waals surface area contributed by atoms with E-state index in [2.05, 4.69) is 0 Å². The van der Waals surface area contributed by atoms with Crippen LogP contribution in [0, 0.1) is 13.8 Å². The molecular formula is C21H28O5. The van der Waals surface area contributed by atoms with E-state index < -0.39 is 6.10 Å². The summed E-state index contributed by atoms with van der Waals surface area (Å²) in [6, 6.07) is 5.15. The normalized spacial score (nSPS) is 12.2. The summed E-state index contributed by atoms with van der Waals surface area (Å²) in [5, 5.41) is 21.3. The zero-order valence-corrected chi connectivity index (χ0v) is 16.5. The lowest BCUT2D eigenvalue weighted by Crippen LogP contribution is -2.10. The van der Waals surface area contributed by atoms with Gasteiger partial charge in [-0.05, 0) is 48.6 Å². The average Bonchev–Trinajstić information content (AvgIpc) is 2.62. The lowest BCUT2D eigenvalue weighted by atomic mass is 9.89. The van der Waals surface area contributed by atoms with Crippen LogP contribution in [0.15, 0.2) is 18.2 Å². The lowest BCUT2D eigenvalue weighted by molar-refractivity contribution is 0.211. The number of ether oxygens (including phenoxy) is 3. The first-order valence-electron chi connectivity index (χ1n) is 8.58. The third-order valence-corrected chi connectivity index (χ3v) is 4.74. The average molecular weight is 360 g/mol. The summed E-state index contributed by atoms with van der Waals surface area (Å²) in [5.41, 5.74) is 3.59. The summed E-state index contributed by atoms with van der Waals surface area (Å²) in [7, 11) is 4.73. The molecule has 26 heavy (non-hydrogen) atoms. The maximum atomic E-state index is 11.2. The third-order valence-electron chi connectivity index (χ3n) is 4.74. The minimum atomic E-state index is -0.977. The maximum Gasteiger partial charge on any atom is 0.167 e. The van der Waals surface area contributed by atoms with Crippen molar-refractivity contribution in [3.05, 3.63) is 46.0 Å². The number of aliphatic hydroxyl groups excluding tert-OH is 1. The van der Waals surface area contributed by atoms with E-state index in [-0.39, 0.29) is 11.7 Å². The third kappa shape index (κ3) is 3.31. The Morgan fingerprint density at radius 1 is 0.885 bits per heavy atom. The Morgan fingerprint density at radius 2 is 1.50 bits per heavy atom. The molecule has 0 aliphatic heterocycles. The molecule has 0 spiro atoms. The summed E-state index contributed by atoms with van der Waals surface area (Å²) >= 11 is 0. The van der Waals surface area contributed by atoms with Crippen molar-refractivity contribution < 1.29 is 24.4 Å². The molecule has 2 aromatic rings. The van der Waals surface area contributed by atoms with Gasteiger partial charge in [0.2, 0.25) is 0 Å². The highest BCUT2D eigenvalue weighted by atomic mass is 16.5. The molecule has 1 unspecified atom stereocenters. The van der Waals surface area contributed by atoms with Crippen LogP contribution in [-0.4, -0.2) is 31.5 Å². The highest BCUT2D eigenvalue weighted by Gasteiger charge is 2.28. The van der Waals surface area contributed by atoms with Gasteiger partial charge in [-0.25, -0.2) is 0 Å². The second-order valence-corrected chi connectivity index (χ2v) is 6.65. The molecule has 0 saturated carbocycles.